The molecule has 6 heteroatoms. The van der Waals surface area contributed by atoms with Crippen LogP contribution in [-0.2, 0) is 4.74 Å². The van der Waals surface area contributed by atoms with Crippen molar-refractivity contribution in [2.75, 3.05) is 7.11 Å². The lowest BCUT2D eigenvalue weighted by molar-refractivity contribution is 0.297. The van der Waals surface area contributed by atoms with E-state index in [1.54, 1.807) is 30.6 Å². The zero-order chi connectivity index (χ0) is 18.4. The minimum Gasteiger partial charge on any atom is -0.497 e. The number of aliphatic imine (C=N–C) groups is 1. The number of thiophene rings is 1. The molecule has 0 aliphatic carbocycles. The lowest BCUT2D eigenvalue weighted by atomic mass is 10.0. The van der Waals surface area contributed by atoms with E-state index < -0.39 is 0 Å². The highest BCUT2D eigenvalue weighted by Crippen LogP contribution is 2.24. The summed E-state index contributed by atoms with van der Waals surface area (Å²) in [5.74, 6) is 1.31. The van der Waals surface area contributed by atoms with Crippen molar-refractivity contribution < 1.29 is 9.13 Å². The van der Waals surface area contributed by atoms with Crippen LogP contribution in [0.25, 0.3) is 0 Å². The fraction of sp³-hybridized carbons (Fsp3) is 0.211. The number of halogens is 2. The largest absolute Gasteiger partial charge is 0.497 e. The van der Waals surface area contributed by atoms with Crippen LogP contribution in [0, 0.1) is 5.82 Å². The van der Waals surface area contributed by atoms with Crippen LogP contribution in [0.4, 0.5) is 4.39 Å². The van der Waals surface area contributed by atoms with Crippen molar-refractivity contribution in [3.63, 3.8) is 0 Å². The van der Waals surface area contributed by atoms with Crippen molar-refractivity contribution in [2.45, 2.75) is 19.9 Å². The summed E-state index contributed by atoms with van der Waals surface area (Å²) >= 11 is 7.08. The summed E-state index contributed by atoms with van der Waals surface area (Å²) in [6.07, 6.45) is 0. The van der Waals surface area contributed by atoms with E-state index in [1.807, 2.05) is 18.4 Å². The molecule has 3 nitrogen and oxygen atoms in total. The molecule has 0 saturated carbocycles. The summed E-state index contributed by atoms with van der Waals surface area (Å²) in [5.41, 5.74) is 2.09. The Bertz CT molecular complexity index is 782. The van der Waals surface area contributed by atoms with Crippen LogP contribution < -0.4 is 5.32 Å². The van der Waals surface area contributed by atoms with Crippen molar-refractivity contribution in [3.8, 4) is 0 Å². The number of amidine groups is 1. The molecule has 0 spiro atoms. The number of hydrogen-bond donors (Lipinski definition) is 1. The standard InChI is InChI=1S/C13H16N2OS.C6H4ClF/c1-8-12(10(3)16-4)9(2)15-13(14-8)11-6-5-7-17-11;7-5-2-1-3-6(8)4-5/h5-8H,3H2,1-2,4H3,(H,14,15);1-4H. The molecular weight excluding hydrogens is 359 g/mol. The number of allylic oxidation sites excluding steroid dienone is 1. The molecule has 1 unspecified atom stereocenters. The molecule has 1 aromatic carbocycles. The monoisotopic (exact) mass is 378 g/mol. The van der Waals surface area contributed by atoms with Gasteiger partial charge in [-0.25, -0.2) is 4.39 Å². The molecule has 1 aliphatic heterocycles. The van der Waals surface area contributed by atoms with Crippen molar-refractivity contribution in [3.05, 3.63) is 81.1 Å². The highest BCUT2D eigenvalue weighted by Gasteiger charge is 2.22. The third kappa shape index (κ3) is 5.18. The van der Waals surface area contributed by atoms with E-state index in [0.717, 1.165) is 22.0 Å². The number of rotatable bonds is 3. The summed E-state index contributed by atoms with van der Waals surface area (Å²) < 4.78 is 17.3. The van der Waals surface area contributed by atoms with Gasteiger partial charge in [0.05, 0.1) is 18.0 Å². The molecule has 0 bridgehead atoms. The quantitative estimate of drug-likeness (QED) is 0.725. The van der Waals surface area contributed by atoms with Gasteiger partial charge in [0.25, 0.3) is 0 Å². The molecule has 1 atom stereocenters. The van der Waals surface area contributed by atoms with Gasteiger partial charge in [-0.2, -0.15) is 0 Å². The van der Waals surface area contributed by atoms with Gasteiger partial charge >= 0.3 is 0 Å². The van der Waals surface area contributed by atoms with Crippen LogP contribution in [0.2, 0.25) is 5.02 Å². The Morgan fingerprint density at radius 1 is 1.36 bits per heavy atom. The van der Waals surface area contributed by atoms with E-state index in [1.165, 1.54) is 12.1 Å². The Morgan fingerprint density at radius 2 is 2.12 bits per heavy atom. The van der Waals surface area contributed by atoms with E-state index in [0.29, 0.717) is 10.8 Å². The molecule has 0 saturated heterocycles. The molecule has 1 N–H and O–H groups in total. The summed E-state index contributed by atoms with van der Waals surface area (Å²) in [6.45, 7) is 7.98. The maximum Gasteiger partial charge on any atom is 0.143 e. The highest BCUT2D eigenvalue weighted by atomic mass is 35.5. The fourth-order valence-electron chi connectivity index (χ4n) is 2.40. The lowest BCUT2D eigenvalue weighted by Gasteiger charge is -2.24. The molecule has 3 rings (SSSR count). The molecule has 25 heavy (non-hydrogen) atoms. The summed E-state index contributed by atoms with van der Waals surface area (Å²) in [6, 6.07) is 9.97. The second-order valence-corrected chi connectivity index (χ2v) is 6.75. The smallest absolute Gasteiger partial charge is 0.143 e. The van der Waals surface area contributed by atoms with Gasteiger partial charge in [-0.1, -0.05) is 30.3 Å². The number of nitrogens with one attached hydrogen (secondary N) is 1. The van der Waals surface area contributed by atoms with Crippen LogP contribution in [0.1, 0.15) is 18.7 Å². The Labute approximate surface area is 156 Å². The van der Waals surface area contributed by atoms with E-state index in [-0.39, 0.29) is 11.9 Å². The molecule has 0 fully saturated rings. The van der Waals surface area contributed by atoms with Gasteiger partial charge in [-0.05, 0) is 43.5 Å². The summed E-state index contributed by atoms with van der Waals surface area (Å²) in [7, 11) is 1.63. The molecule has 1 aromatic heterocycles. The molecule has 1 aliphatic rings. The van der Waals surface area contributed by atoms with Crippen LogP contribution in [0.3, 0.4) is 0 Å². The van der Waals surface area contributed by atoms with Crippen molar-refractivity contribution >= 4 is 28.8 Å². The zero-order valence-corrected chi connectivity index (χ0v) is 15.9. The summed E-state index contributed by atoms with van der Waals surface area (Å²) in [5, 5.41) is 5.80. The van der Waals surface area contributed by atoms with Gasteiger partial charge in [0, 0.05) is 16.3 Å². The Morgan fingerprint density at radius 3 is 2.60 bits per heavy atom. The number of ether oxygens (including phenoxy) is 1. The molecule has 2 heterocycles. The minimum absolute atomic E-state index is 0.0702. The average Bonchev–Trinajstić information content (AvgIpc) is 3.08. The Kier molecular flexibility index (Phi) is 6.79. The first-order valence-electron chi connectivity index (χ1n) is 7.66. The topological polar surface area (TPSA) is 33.6 Å². The molecular formula is C19H20ClFN2OS. The van der Waals surface area contributed by atoms with E-state index in [9.17, 15) is 4.39 Å². The van der Waals surface area contributed by atoms with Crippen molar-refractivity contribution in [1.82, 2.24) is 5.32 Å². The maximum absolute atomic E-state index is 12.1. The van der Waals surface area contributed by atoms with Gasteiger partial charge < -0.3 is 10.1 Å². The van der Waals surface area contributed by atoms with Crippen LogP contribution in [0.15, 0.2) is 70.4 Å². The molecule has 132 valence electrons. The van der Waals surface area contributed by atoms with Gasteiger partial charge in [-0.15, -0.1) is 11.3 Å². The number of methoxy groups -OCH3 is 1. The van der Waals surface area contributed by atoms with E-state index in [2.05, 4.69) is 29.9 Å². The first-order valence-corrected chi connectivity index (χ1v) is 8.92. The zero-order valence-electron chi connectivity index (χ0n) is 14.3. The van der Waals surface area contributed by atoms with Gasteiger partial charge in [0.2, 0.25) is 0 Å². The predicted molar refractivity (Wildman–Crippen MR) is 104 cm³/mol. The van der Waals surface area contributed by atoms with Crippen molar-refractivity contribution in [1.29, 1.82) is 0 Å². The lowest BCUT2D eigenvalue weighted by Crippen LogP contribution is -2.31. The Balaban J connectivity index is 0.000000236. The SMILES string of the molecule is C=C(OC)C1=C(C)NC(c2cccs2)=NC1C.Fc1cccc(Cl)c1. The van der Waals surface area contributed by atoms with Gasteiger partial charge in [-0.3, -0.25) is 4.99 Å². The highest BCUT2D eigenvalue weighted by molar-refractivity contribution is 7.12. The number of nitrogens with zero attached hydrogens (tertiary/aromatic N) is 1. The van der Waals surface area contributed by atoms with E-state index >= 15 is 0 Å². The maximum atomic E-state index is 12.1. The minimum atomic E-state index is -0.294. The molecule has 0 amide bonds. The first-order chi connectivity index (χ1) is 11.9. The average molecular weight is 379 g/mol. The third-order valence-corrected chi connectivity index (χ3v) is 4.65. The normalized spacial score (nSPS) is 16.4. The summed E-state index contributed by atoms with van der Waals surface area (Å²) in [4.78, 5) is 5.79. The van der Waals surface area contributed by atoms with Crippen molar-refractivity contribution in [2.24, 2.45) is 4.99 Å². The molecule has 2 aromatic rings. The fourth-order valence-corrected chi connectivity index (χ4v) is 3.25. The second-order valence-electron chi connectivity index (χ2n) is 5.36. The number of hydrogen-bond acceptors (Lipinski definition) is 4. The first kappa shape index (κ1) is 19.2. The third-order valence-electron chi connectivity index (χ3n) is 3.54. The van der Waals surface area contributed by atoms with Crippen LogP contribution in [-0.4, -0.2) is 19.0 Å². The van der Waals surface area contributed by atoms with Gasteiger partial charge in [0.1, 0.15) is 17.4 Å². The second kappa shape index (κ2) is 8.83. The van der Waals surface area contributed by atoms with E-state index in [4.69, 9.17) is 16.3 Å². The number of benzene rings is 1. The predicted octanol–water partition coefficient (Wildman–Crippen LogP) is 5.40. The van der Waals surface area contributed by atoms with Gasteiger partial charge in [0.15, 0.2) is 0 Å². The Hall–Kier alpha value is -2.11. The molecule has 0 radical (unpaired) electrons. The van der Waals surface area contributed by atoms with Crippen LogP contribution >= 0.6 is 22.9 Å². The van der Waals surface area contributed by atoms with Crippen LogP contribution in [0.5, 0.6) is 0 Å².